The molecule has 1 aromatic heterocycles. The third-order valence-electron chi connectivity index (χ3n) is 5.65. The van der Waals surface area contributed by atoms with Gasteiger partial charge in [-0.1, -0.05) is 69.8 Å². The molecule has 1 saturated carbocycles. The van der Waals surface area contributed by atoms with Gasteiger partial charge < -0.3 is 9.88 Å². The van der Waals surface area contributed by atoms with E-state index in [2.05, 4.69) is 41.9 Å². The lowest BCUT2D eigenvalue weighted by molar-refractivity contribution is -0.119. The Bertz CT molecular complexity index is 742. The molecule has 5 heteroatoms. The molecule has 1 amide bonds. The Morgan fingerprint density at radius 2 is 2.04 bits per heavy atom. The summed E-state index contributed by atoms with van der Waals surface area (Å²) in [5, 5.41) is 4.23. The molecule has 2 aromatic rings. The molecule has 0 saturated heterocycles. The topological polar surface area (TPSA) is 46.9 Å². The predicted molar refractivity (Wildman–Crippen MR) is 114 cm³/mol. The fourth-order valence-electron chi connectivity index (χ4n) is 3.99. The predicted octanol–water partition coefficient (Wildman–Crippen LogP) is 5.40. The SMILES string of the molecule is CCCCCCn1c(SCC(=O)N[C@@H]2CCCC[C@@H]2C)nc2ccccc21. The number of rotatable bonds is 9. The van der Waals surface area contributed by atoms with E-state index in [0.29, 0.717) is 17.7 Å². The summed E-state index contributed by atoms with van der Waals surface area (Å²) in [6.07, 6.45) is 9.79. The van der Waals surface area contributed by atoms with Gasteiger partial charge in [-0.15, -0.1) is 0 Å². The van der Waals surface area contributed by atoms with Gasteiger partial charge in [-0.3, -0.25) is 4.79 Å². The molecule has 0 bridgehead atoms. The van der Waals surface area contributed by atoms with Crippen molar-refractivity contribution in [2.24, 2.45) is 5.92 Å². The number of nitrogens with one attached hydrogen (secondary N) is 1. The highest BCUT2D eigenvalue weighted by atomic mass is 32.2. The number of amides is 1. The molecular weight excluding hydrogens is 354 g/mol. The van der Waals surface area contributed by atoms with Gasteiger partial charge in [0.1, 0.15) is 0 Å². The second-order valence-corrected chi connectivity index (χ2v) is 8.76. The van der Waals surface area contributed by atoms with Crippen LogP contribution in [0.4, 0.5) is 0 Å². The van der Waals surface area contributed by atoms with Crippen LogP contribution in [0.3, 0.4) is 0 Å². The number of carbonyl (C=O) groups excluding carboxylic acids is 1. The van der Waals surface area contributed by atoms with Crippen LogP contribution < -0.4 is 5.32 Å². The molecule has 27 heavy (non-hydrogen) atoms. The fraction of sp³-hybridized carbons (Fsp3) is 0.636. The van der Waals surface area contributed by atoms with Crippen molar-refractivity contribution in [3.05, 3.63) is 24.3 Å². The summed E-state index contributed by atoms with van der Waals surface area (Å²) in [5.41, 5.74) is 2.20. The largest absolute Gasteiger partial charge is 0.352 e. The summed E-state index contributed by atoms with van der Waals surface area (Å²) < 4.78 is 2.30. The van der Waals surface area contributed by atoms with E-state index in [1.54, 1.807) is 11.8 Å². The molecule has 4 nitrogen and oxygen atoms in total. The second-order valence-electron chi connectivity index (χ2n) is 7.82. The standard InChI is InChI=1S/C22H33N3OS/c1-3-4-5-10-15-25-20-14-9-8-13-19(20)24-22(25)27-16-21(26)23-18-12-7-6-11-17(18)2/h8-9,13-14,17-18H,3-7,10-12,15-16H2,1-2H3,(H,23,26)/t17-,18+/m0/s1. The Balaban J connectivity index is 1.62. The first kappa shape index (κ1) is 20.2. The summed E-state index contributed by atoms with van der Waals surface area (Å²) in [7, 11) is 0. The summed E-state index contributed by atoms with van der Waals surface area (Å²) in [5.74, 6) is 1.18. The van der Waals surface area contributed by atoms with Crippen molar-refractivity contribution >= 4 is 28.7 Å². The van der Waals surface area contributed by atoms with Gasteiger partial charge in [0.05, 0.1) is 16.8 Å². The van der Waals surface area contributed by atoms with Crippen molar-refractivity contribution in [3.63, 3.8) is 0 Å². The highest BCUT2D eigenvalue weighted by molar-refractivity contribution is 7.99. The van der Waals surface area contributed by atoms with Crippen molar-refractivity contribution in [3.8, 4) is 0 Å². The van der Waals surface area contributed by atoms with Crippen molar-refractivity contribution in [1.29, 1.82) is 0 Å². The molecule has 0 radical (unpaired) electrons. The van der Waals surface area contributed by atoms with Crippen molar-refractivity contribution in [2.75, 3.05) is 5.75 Å². The summed E-state index contributed by atoms with van der Waals surface area (Å²) >= 11 is 1.57. The van der Waals surface area contributed by atoms with Crippen LogP contribution in [0.1, 0.15) is 65.2 Å². The van der Waals surface area contributed by atoms with Crippen LogP contribution in [-0.4, -0.2) is 27.3 Å². The number of aromatic nitrogens is 2. The molecule has 1 fully saturated rings. The summed E-state index contributed by atoms with van der Waals surface area (Å²) in [6.45, 7) is 5.47. The summed E-state index contributed by atoms with van der Waals surface area (Å²) in [4.78, 5) is 17.3. The van der Waals surface area contributed by atoms with Crippen LogP contribution >= 0.6 is 11.8 Å². The van der Waals surface area contributed by atoms with E-state index in [4.69, 9.17) is 4.98 Å². The van der Waals surface area contributed by atoms with E-state index in [0.717, 1.165) is 30.1 Å². The van der Waals surface area contributed by atoms with E-state index >= 15 is 0 Å². The zero-order valence-corrected chi connectivity index (χ0v) is 17.6. The quantitative estimate of drug-likeness (QED) is 0.463. The van der Waals surface area contributed by atoms with Gasteiger partial charge in [-0.05, 0) is 37.3 Å². The molecule has 1 aliphatic carbocycles. The Kier molecular flexibility index (Phi) is 7.62. The van der Waals surface area contributed by atoms with Crippen LogP contribution in [-0.2, 0) is 11.3 Å². The van der Waals surface area contributed by atoms with E-state index in [1.165, 1.54) is 44.0 Å². The number of aryl methyl sites for hydroxylation is 1. The second kappa shape index (κ2) is 10.2. The molecule has 1 heterocycles. The molecule has 3 rings (SSSR count). The van der Waals surface area contributed by atoms with Crippen molar-refractivity contribution < 1.29 is 4.79 Å². The molecule has 0 aliphatic heterocycles. The maximum Gasteiger partial charge on any atom is 0.230 e. The number of benzene rings is 1. The molecular formula is C22H33N3OS. The number of nitrogens with zero attached hydrogens (tertiary/aromatic N) is 2. The number of thioether (sulfide) groups is 1. The molecule has 1 aliphatic rings. The van der Waals surface area contributed by atoms with Crippen molar-refractivity contribution in [2.45, 2.75) is 83.0 Å². The number of carbonyl (C=O) groups is 1. The lowest BCUT2D eigenvalue weighted by Crippen LogP contribution is -2.41. The summed E-state index contributed by atoms with van der Waals surface area (Å²) in [6, 6.07) is 8.64. The van der Waals surface area contributed by atoms with Crippen LogP contribution in [0.25, 0.3) is 11.0 Å². The lowest BCUT2D eigenvalue weighted by atomic mass is 9.86. The Morgan fingerprint density at radius 1 is 1.22 bits per heavy atom. The number of imidazole rings is 1. The van der Waals surface area contributed by atoms with E-state index in [-0.39, 0.29) is 5.91 Å². The fourth-order valence-corrected chi connectivity index (χ4v) is 4.84. The number of fused-ring (bicyclic) bond motifs is 1. The molecule has 0 unspecified atom stereocenters. The minimum atomic E-state index is 0.142. The number of para-hydroxylation sites is 2. The average molecular weight is 388 g/mol. The van der Waals surface area contributed by atoms with Crippen LogP contribution in [0.5, 0.6) is 0 Å². The molecule has 2 atom stereocenters. The third kappa shape index (κ3) is 5.50. The first-order valence-corrected chi connectivity index (χ1v) is 11.5. The first-order chi connectivity index (χ1) is 13.2. The lowest BCUT2D eigenvalue weighted by Gasteiger charge is -2.29. The monoisotopic (exact) mass is 387 g/mol. The smallest absolute Gasteiger partial charge is 0.230 e. The third-order valence-corrected chi connectivity index (χ3v) is 6.62. The Labute approximate surface area is 167 Å². The van der Waals surface area contributed by atoms with Crippen LogP contribution in [0.15, 0.2) is 29.4 Å². The highest BCUT2D eigenvalue weighted by Crippen LogP contribution is 2.26. The van der Waals surface area contributed by atoms with Gasteiger partial charge in [-0.25, -0.2) is 4.98 Å². The van der Waals surface area contributed by atoms with E-state index in [1.807, 2.05) is 6.07 Å². The van der Waals surface area contributed by atoms with Crippen molar-refractivity contribution in [1.82, 2.24) is 14.9 Å². The number of unbranched alkanes of at least 4 members (excludes halogenated alkanes) is 3. The normalized spacial score (nSPS) is 20.1. The van der Waals surface area contributed by atoms with E-state index < -0.39 is 0 Å². The van der Waals surface area contributed by atoms with Crippen LogP contribution in [0.2, 0.25) is 0 Å². The molecule has 148 valence electrons. The van der Waals surface area contributed by atoms with Gasteiger partial charge in [0, 0.05) is 12.6 Å². The minimum Gasteiger partial charge on any atom is -0.352 e. The van der Waals surface area contributed by atoms with E-state index in [9.17, 15) is 4.79 Å². The maximum atomic E-state index is 12.5. The van der Waals surface area contributed by atoms with Gasteiger partial charge in [-0.2, -0.15) is 0 Å². The van der Waals surface area contributed by atoms with Gasteiger partial charge in [0.15, 0.2) is 5.16 Å². The average Bonchev–Trinajstić information content (AvgIpc) is 3.03. The van der Waals surface area contributed by atoms with Crippen LogP contribution in [0, 0.1) is 5.92 Å². The Hall–Kier alpha value is -1.49. The zero-order chi connectivity index (χ0) is 19.1. The highest BCUT2D eigenvalue weighted by Gasteiger charge is 2.23. The molecule has 0 spiro atoms. The molecule has 1 N–H and O–H groups in total. The number of hydrogen-bond acceptors (Lipinski definition) is 3. The minimum absolute atomic E-state index is 0.142. The zero-order valence-electron chi connectivity index (χ0n) is 16.7. The van der Waals surface area contributed by atoms with Gasteiger partial charge >= 0.3 is 0 Å². The number of hydrogen-bond donors (Lipinski definition) is 1. The Morgan fingerprint density at radius 3 is 2.85 bits per heavy atom. The van der Waals surface area contributed by atoms with Gasteiger partial charge in [0.25, 0.3) is 0 Å². The first-order valence-electron chi connectivity index (χ1n) is 10.6. The van der Waals surface area contributed by atoms with Gasteiger partial charge in [0.2, 0.25) is 5.91 Å². The molecule has 1 aromatic carbocycles. The maximum absolute atomic E-state index is 12.5.